The van der Waals surface area contributed by atoms with Crippen LogP contribution in [0.5, 0.6) is 0 Å². The van der Waals surface area contributed by atoms with Crippen LogP contribution in [0.1, 0.15) is 13.8 Å². The first kappa shape index (κ1) is 8.44. The van der Waals surface area contributed by atoms with Crippen molar-refractivity contribution in [2.75, 3.05) is 6.67 Å². The molecule has 1 aliphatic rings. The fraction of sp³-hybridized carbons (Fsp3) is 0.556. The number of hydrogen-bond donors (Lipinski definition) is 0. The molecule has 11 heavy (non-hydrogen) atoms. The van der Waals surface area contributed by atoms with Gasteiger partial charge in [0.05, 0.1) is 0 Å². The van der Waals surface area contributed by atoms with Crippen molar-refractivity contribution >= 4 is 0 Å². The van der Waals surface area contributed by atoms with Crippen molar-refractivity contribution in [3.05, 3.63) is 23.3 Å². The first-order valence-electron chi connectivity index (χ1n) is 3.74. The van der Waals surface area contributed by atoms with E-state index in [4.69, 9.17) is 0 Å². The van der Waals surface area contributed by atoms with Gasteiger partial charge in [0.2, 0.25) is 0 Å². The average Bonchev–Trinajstić information content (AvgIpc) is 1.99. The van der Waals surface area contributed by atoms with Crippen LogP contribution in [0.3, 0.4) is 0 Å². The summed E-state index contributed by atoms with van der Waals surface area (Å²) in [6, 6.07) is 0. The van der Waals surface area contributed by atoms with Gasteiger partial charge in [-0.15, -0.1) is 0 Å². The van der Waals surface area contributed by atoms with Gasteiger partial charge in [0.15, 0.2) is 0 Å². The minimum atomic E-state index is -1.12. The van der Waals surface area contributed by atoms with E-state index in [0.29, 0.717) is 5.57 Å². The van der Waals surface area contributed by atoms with Gasteiger partial charge >= 0.3 is 0 Å². The molecule has 0 spiro atoms. The lowest BCUT2D eigenvalue weighted by molar-refractivity contribution is 0.296. The lowest BCUT2D eigenvalue weighted by Gasteiger charge is -2.20. The van der Waals surface area contributed by atoms with E-state index in [2.05, 4.69) is 0 Å². The SMILES string of the molecule is CC1=C(CF)C(F)C(C)C=C1. The minimum Gasteiger partial charge on any atom is -0.246 e. The number of rotatable bonds is 1. The highest BCUT2D eigenvalue weighted by atomic mass is 19.1. The quantitative estimate of drug-likeness (QED) is 0.550. The van der Waals surface area contributed by atoms with E-state index in [0.717, 1.165) is 5.57 Å². The van der Waals surface area contributed by atoms with Crippen molar-refractivity contribution in [2.24, 2.45) is 5.92 Å². The zero-order chi connectivity index (χ0) is 8.43. The second kappa shape index (κ2) is 3.16. The van der Waals surface area contributed by atoms with Crippen LogP contribution in [0.25, 0.3) is 0 Å². The molecule has 2 heteroatoms. The van der Waals surface area contributed by atoms with Gasteiger partial charge in [0.25, 0.3) is 0 Å². The highest BCUT2D eigenvalue weighted by molar-refractivity contribution is 5.32. The van der Waals surface area contributed by atoms with Gasteiger partial charge in [-0.25, -0.2) is 8.78 Å². The molecule has 2 atom stereocenters. The predicted molar refractivity (Wildman–Crippen MR) is 41.9 cm³/mol. The van der Waals surface area contributed by atoms with Crippen molar-refractivity contribution in [3.8, 4) is 0 Å². The molecular formula is C9H12F2. The maximum absolute atomic E-state index is 13.1. The Morgan fingerprint density at radius 2 is 2.18 bits per heavy atom. The van der Waals surface area contributed by atoms with Crippen molar-refractivity contribution in [3.63, 3.8) is 0 Å². The molecule has 0 radical (unpaired) electrons. The Kier molecular flexibility index (Phi) is 2.42. The molecule has 0 nitrogen and oxygen atoms in total. The topological polar surface area (TPSA) is 0 Å². The summed E-state index contributed by atoms with van der Waals surface area (Å²) < 4.78 is 25.4. The van der Waals surface area contributed by atoms with E-state index >= 15 is 0 Å². The Morgan fingerprint density at radius 3 is 2.64 bits per heavy atom. The first-order chi connectivity index (χ1) is 5.16. The minimum absolute atomic E-state index is 0.176. The Balaban J connectivity index is 2.89. The Labute approximate surface area is 65.6 Å². The zero-order valence-corrected chi connectivity index (χ0v) is 6.77. The molecule has 0 aromatic carbocycles. The predicted octanol–water partition coefficient (Wildman–Crippen LogP) is 2.82. The highest BCUT2D eigenvalue weighted by Gasteiger charge is 2.23. The normalized spacial score (nSPS) is 31.3. The number of alkyl halides is 2. The lowest BCUT2D eigenvalue weighted by Crippen LogP contribution is -2.19. The van der Waals surface area contributed by atoms with E-state index in [9.17, 15) is 8.78 Å². The summed E-state index contributed by atoms with van der Waals surface area (Å²) in [5.74, 6) is -0.176. The summed E-state index contributed by atoms with van der Waals surface area (Å²) in [7, 11) is 0. The molecule has 0 heterocycles. The summed E-state index contributed by atoms with van der Waals surface area (Å²) in [5.41, 5.74) is 1.04. The maximum atomic E-state index is 13.1. The molecule has 0 saturated heterocycles. The van der Waals surface area contributed by atoms with E-state index in [1.54, 1.807) is 26.0 Å². The Morgan fingerprint density at radius 1 is 1.55 bits per heavy atom. The number of allylic oxidation sites excluding steroid dienone is 4. The van der Waals surface area contributed by atoms with Crippen LogP contribution < -0.4 is 0 Å². The molecule has 0 aliphatic heterocycles. The molecule has 1 aliphatic carbocycles. The Hall–Kier alpha value is -0.660. The molecule has 0 amide bonds. The monoisotopic (exact) mass is 158 g/mol. The molecule has 0 aromatic heterocycles. The molecule has 2 unspecified atom stereocenters. The van der Waals surface area contributed by atoms with E-state index in [-0.39, 0.29) is 5.92 Å². The smallest absolute Gasteiger partial charge is 0.130 e. The van der Waals surface area contributed by atoms with Gasteiger partial charge in [-0.05, 0) is 18.1 Å². The van der Waals surface area contributed by atoms with Gasteiger partial charge < -0.3 is 0 Å². The van der Waals surface area contributed by atoms with Crippen LogP contribution in [-0.4, -0.2) is 12.8 Å². The van der Waals surface area contributed by atoms with E-state index in [1.807, 2.05) is 0 Å². The van der Waals surface area contributed by atoms with Crippen molar-refractivity contribution in [1.29, 1.82) is 0 Å². The van der Waals surface area contributed by atoms with Crippen LogP contribution >= 0.6 is 0 Å². The first-order valence-corrected chi connectivity index (χ1v) is 3.74. The van der Waals surface area contributed by atoms with E-state index in [1.165, 1.54) is 0 Å². The van der Waals surface area contributed by atoms with E-state index < -0.39 is 12.8 Å². The summed E-state index contributed by atoms with van der Waals surface area (Å²) in [5, 5.41) is 0. The highest BCUT2D eigenvalue weighted by Crippen LogP contribution is 2.26. The molecule has 0 saturated carbocycles. The summed E-state index contributed by atoms with van der Waals surface area (Å²) >= 11 is 0. The van der Waals surface area contributed by atoms with Crippen molar-refractivity contribution < 1.29 is 8.78 Å². The van der Waals surface area contributed by atoms with Gasteiger partial charge in [0.1, 0.15) is 12.8 Å². The van der Waals surface area contributed by atoms with Crippen LogP contribution in [0.2, 0.25) is 0 Å². The fourth-order valence-electron chi connectivity index (χ4n) is 1.21. The van der Waals surface area contributed by atoms with Gasteiger partial charge in [-0.1, -0.05) is 19.1 Å². The summed E-state index contributed by atoms with van der Waals surface area (Å²) in [6.45, 7) is 2.83. The molecular weight excluding hydrogens is 146 g/mol. The maximum Gasteiger partial charge on any atom is 0.130 e. The second-order valence-electron chi connectivity index (χ2n) is 2.96. The largest absolute Gasteiger partial charge is 0.246 e. The standard InChI is InChI=1S/C9H12F2/c1-6-3-4-7(2)9(11)8(6)5-10/h3-4,7,9H,5H2,1-2H3. The van der Waals surface area contributed by atoms with Gasteiger partial charge in [-0.2, -0.15) is 0 Å². The molecule has 0 bridgehead atoms. The second-order valence-corrected chi connectivity index (χ2v) is 2.96. The van der Waals surface area contributed by atoms with Gasteiger partial charge in [0, 0.05) is 5.92 Å². The number of halogens is 2. The van der Waals surface area contributed by atoms with Crippen LogP contribution in [0.15, 0.2) is 23.3 Å². The molecule has 0 aromatic rings. The molecule has 1 rings (SSSR count). The van der Waals surface area contributed by atoms with Crippen LogP contribution in [0.4, 0.5) is 8.78 Å². The Bertz CT molecular complexity index is 204. The third-order valence-corrected chi connectivity index (χ3v) is 2.09. The lowest BCUT2D eigenvalue weighted by atomic mass is 9.90. The average molecular weight is 158 g/mol. The summed E-state index contributed by atoms with van der Waals surface area (Å²) in [6.07, 6.45) is 2.44. The third kappa shape index (κ3) is 1.50. The molecule has 0 fully saturated rings. The molecule has 62 valence electrons. The van der Waals surface area contributed by atoms with Gasteiger partial charge in [-0.3, -0.25) is 0 Å². The number of hydrogen-bond acceptors (Lipinski definition) is 0. The van der Waals surface area contributed by atoms with Crippen LogP contribution in [0, 0.1) is 5.92 Å². The summed E-state index contributed by atoms with van der Waals surface area (Å²) in [4.78, 5) is 0. The van der Waals surface area contributed by atoms with Crippen molar-refractivity contribution in [2.45, 2.75) is 20.0 Å². The fourth-order valence-corrected chi connectivity index (χ4v) is 1.21. The van der Waals surface area contributed by atoms with Crippen LogP contribution in [-0.2, 0) is 0 Å². The van der Waals surface area contributed by atoms with Crippen molar-refractivity contribution in [1.82, 2.24) is 0 Å². The zero-order valence-electron chi connectivity index (χ0n) is 6.77. The molecule has 0 N–H and O–H groups in total. The third-order valence-electron chi connectivity index (χ3n) is 2.09.